The number of rotatable bonds is 3. The van der Waals surface area contributed by atoms with Gasteiger partial charge in [0.2, 0.25) is 0 Å². The predicted molar refractivity (Wildman–Crippen MR) is 74.5 cm³/mol. The van der Waals surface area contributed by atoms with Gasteiger partial charge in [-0.25, -0.2) is 0 Å². The van der Waals surface area contributed by atoms with Crippen LogP contribution >= 0.6 is 0 Å². The Kier molecular flexibility index (Phi) is 4.06. The molecule has 0 bridgehead atoms. The van der Waals surface area contributed by atoms with Gasteiger partial charge in [-0.1, -0.05) is 6.07 Å². The molecule has 0 atom stereocenters. The topological polar surface area (TPSA) is 29.3 Å². The van der Waals surface area contributed by atoms with Crippen LogP contribution in [0.25, 0.3) is 0 Å². The van der Waals surface area contributed by atoms with Gasteiger partial charge in [0.05, 0.1) is 0 Å². The van der Waals surface area contributed by atoms with E-state index in [2.05, 4.69) is 36.9 Å². The first-order valence-corrected chi connectivity index (χ1v) is 6.73. The van der Waals surface area contributed by atoms with Crippen LogP contribution in [0, 0.1) is 19.8 Å². The summed E-state index contributed by atoms with van der Waals surface area (Å²) >= 11 is 0. The second-order valence-electron chi connectivity index (χ2n) is 5.28. The third-order valence-electron chi connectivity index (χ3n) is 4.05. The summed E-state index contributed by atoms with van der Waals surface area (Å²) in [6.07, 6.45) is 3.79. The van der Waals surface area contributed by atoms with Crippen molar-refractivity contribution in [3.63, 3.8) is 0 Å². The number of anilines is 1. The molecule has 2 nitrogen and oxygen atoms in total. The van der Waals surface area contributed by atoms with E-state index in [9.17, 15) is 0 Å². The Labute approximate surface area is 105 Å². The standard InChI is InChI=1S/C15H24N2/c1-12-3-4-15(11-13(12)2)17-9-6-14(5-8-16)7-10-17/h3-4,11,14H,5-10,16H2,1-2H3. The van der Waals surface area contributed by atoms with Gasteiger partial charge in [-0.05, 0) is 68.8 Å². The average Bonchev–Trinajstić information content (AvgIpc) is 2.34. The highest BCUT2D eigenvalue weighted by Gasteiger charge is 2.18. The number of nitrogens with zero attached hydrogens (tertiary/aromatic N) is 1. The quantitative estimate of drug-likeness (QED) is 0.868. The molecule has 17 heavy (non-hydrogen) atoms. The maximum absolute atomic E-state index is 5.63. The van der Waals surface area contributed by atoms with Crippen LogP contribution in [0.5, 0.6) is 0 Å². The molecule has 0 aliphatic carbocycles. The Morgan fingerprint density at radius 2 is 1.88 bits per heavy atom. The summed E-state index contributed by atoms with van der Waals surface area (Å²) in [4.78, 5) is 2.51. The van der Waals surface area contributed by atoms with Gasteiger partial charge >= 0.3 is 0 Å². The zero-order valence-electron chi connectivity index (χ0n) is 11.1. The minimum atomic E-state index is 0.842. The van der Waals surface area contributed by atoms with Crippen LogP contribution in [0.2, 0.25) is 0 Å². The smallest absolute Gasteiger partial charge is 0.0369 e. The predicted octanol–water partition coefficient (Wildman–Crippen LogP) is 2.87. The molecule has 0 unspecified atom stereocenters. The fourth-order valence-electron chi connectivity index (χ4n) is 2.64. The second-order valence-corrected chi connectivity index (χ2v) is 5.28. The number of benzene rings is 1. The van der Waals surface area contributed by atoms with Crippen molar-refractivity contribution < 1.29 is 0 Å². The van der Waals surface area contributed by atoms with Gasteiger partial charge in [0, 0.05) is 18.8 Å². The normalized spacial score (nSPS) is 17.5. The van der Waals surface area contributed by atoms with E-state index in [-0.39, 0.29) is 0 Å². The highest BCUT2D eigenvalue weighted by Crippen LogP contribution is 2.26. The lowest BCUT2D eigenvalue weighted by Gasteiger charge is -2.33. The van der Waals surface area contributed by atoms with Gasteiger partial charge in [0.15, 0.2) is 0 Å². The minimum Gasteiger partial charge on any atom is -0.372 e. The molecule has 0 saturated carbocycles. The molecule has 2 N–H and O–H groups in total. The van der Waals surface area contributed by atoms with Crippen molar-refractivity contribution in [1.82, 2.24) is 0 Å². The van der Waals surface area contributed by atoms with Crippen LogP contribution in [0.15, 0.2) is 18.2 Å². The molecule has 1 heterocycles. The van der Waals surface area contributed by atoms with Crippen molar-refractivity contribution in [2.45, 2.75) is 33.1 Å². The maximum atomic E-state index is 5.63. The van der Waals surface area contributed by atoms with Crippen LogP contribution in [-0.2, 0) is 0 Å². The SMILES string of the molecule is Cc1ccc(N2CCC(CCN)CC2)cc1C. The molecule has 94 valence electrons. The van der Waals surface area contributed by atoms with E-state index in [1.54, 1.807) is 0 Å². The number of aryl methyl sites for hydroxylation is 2. The van der Waals surface area contributed by atoms with E-state index < -0.39 is 0 Å². The molecule has 2 rings (SSSR count). The summed E-state index contributed by atoms with van der Waals surface area (Å²) < 4.78 is 0. The van der Waals surface area contributed by atoms with Crippen LogP contribution in [0.3, 0.4) is 0 Å². The lowest BCUT2D eigenvalue weighted by atomic mass is 9.93. The van der Waals surface area contributed by atoms with Crippen LogP contribution in [-0.4, -0.2) is 19.6 Å². The zero-order valence-corrected chi connectivity index (χ0v) is 11.1. The fourth-order valence-corrected chi connectivity index (χ4v) is 2.64. The van der Waals surface area contributed by atoms with E-state index in [1.807, 2.05) is 0 Å². The number of hydrogen-bond acceptors (Lipinski definition) is 2. The third-order valence-corrected chi connectivity index (χ3v) is 4.05. The van der Waals surface area contributed by atoms with Crippen molar-refractivity contribution in [1.29, 1.82) is 0 Å². The molecular formula is C15H24N2. The van der Waals surface area contributed by atoms with Crippen LogP contribution in [0.1, 0.15) is 30.4 Å². The molecule has 1 saturated heterocycles. The average molecular weight is 232 g/mol. The van der Waals surface area contributed by atoms with E-state index >= 15 is 0 Å². The first-order chi connectivity index (χ1) is 8.20. The van der Waals surface area contributed by atoms with Gasteiger partial charge in [-0.3, -0.25) is 0 Å². The van der Waals surface area contributed by atoms with Crippen molar-refractivity contribution in [3.05, 3.63) is 29.3 Å². The molecule has 1 aliphatic heterocycles. The number of piperidine rings is 1. The van der Waals surface area contributed by atoms with Crippen LogP contribution < -0.4 is 10.6 Å². The molecular weight excluding hydrogens is 208 g/mol. The molecule has 1 aliphatic rings. The Balaban J connectivity index is 1.98. The van der Waals surface area contributed by atoms with E-state index in [4.69, 9.17) is 5.73 Å². The Bertz CT molecular complexity index is 365. The summed E-state index contributed by atoms with van der Waals surface area (Å²) in [5, 5.41) is 0. The number of nitrogens with two attached hydrogens (primary N) is 1. The molecule has 1 aromatic carbocycles. The zero-order chi connectivity index (χ0) is 12.3. The fraction of sp³-hybridized carbons (Fsp3) is 0.600. The Morgan fingerprint density at radius 3 is 2.47 bits per heavy atom. The summed E-state index contributed by atoms with van der Waals surface area (Å²) in [5.41, 5.74) is 9.79. The first kappa shape index (κ1) is 12.4. The third kappa shape index (κ3) is 3.01. The molecule has 0 radical (unpaired) electrons. The van der Waals surface area contributed by atoms with Crippen molar-refractivity contribution in [2.24, 2.45) is 11.7 Å². The lowest BCUT2D eigenvalue weighted by molar-refractivity contribution is 0.386. The Morgan fingerprint density at radius 1 is 1.18 bits per heavy atom. The highest BCUT2D eigenvalue weighted by molar-refractivity contribution is 5.50. The van der Waals surface area contributed by atoms with Gasteiger partial charge in [-0.2, -0.15) is 0 Å². The highest BCUT2D eigenvalue weighted by atomic mass is 15.1. The Hall–Kier alpha value is -1.02. The number of hydrogen-bond donors (Lipinski definition) is 1. The van der Waals surface area contributed by atoms with Crippen LogP contribution in [0.4, 0.5) is 5.69 Å². The van der Waals surface area contributed by atoms with Crippen molar-refractivity contribution in [3.8, 4) is 0 Å². The van der Waals surface area contributed by atoms with E-state index in [1.165, 1.54) is 49.2 Å². The van der Waals surface area contributed by atoms with Gasteiger partial charge in [-0.15, -0.1) is 0 Å². The molecule has 0 aromatic heterocycles. The summed E-state index contributed by atoms with van der Waals surface area (Å²) in [5.74, 6) is 0.850. The molecule has 0 amide bonds. The second kappa shape index (κ2) is 5.54. The first-order valence-electron chi connectivity index (χ1n) is 6.73. The van der Waals surface area contributed by atoms with E-state index in [0.29, 0.717) is 0 Å². The minimum absolute atomic E-state index is 0.842. The van der Waals surface area contributed by atoms with E-state index in [0.717, 1.165) is 12.5 Å². The van der Waals surface area contributed by atoms with Gasteiger partial charge < -0.3 is 10.6 Å². The lowest BCUT2D eigenvalue weighted by Crippen LogP contribution is -2.34. The molecule has 0 spiro atoms. The van der Waals surface area contributed by atoms with Gasteiger partial charge in [0.1, 0.15) is 0 Å². The van der Waals surface area contributed by atoms with Gasteiger partial charge in [0.25, 0.3) is 0 Å². The van der Waals surface area contributed by atoms with Crippen molar-refractivity contribution in [2.75, 3.05) is 24.5 Å². The molecule has 1 fully saturated rings. The maximum Gasteiger partial charge on any atom is 0.0369 e. The largest absolute Gasteiger partial charge is 0.372 e. The summed E-state index contributed by atoms with van der Waals surface area (Å²) in [7, 11) is 0. The summed E-state index contributed by atoms with van der Waals surface area (Å²) in [6, 6.07) is 6.81. The molecule has 2 heteroatoms. The summed E-state index contributed by atoms with van der Waals surface area (Å²) in [6.45, 7) is 7.58. The monoisotopic (exact) mass is 232 g/mol. The van der Waals surface area contributed by atoms with Crippen molar-refractivity contribution >= 4 is 5.69 Å². The molecule has 1 aromatic rings.